The molecule has 1 aromatic rings. The van der Waals surface area contributed by atoms with Crippen LogP contribution in [-0.4, -0.2) is 12.0 Å². The van der Waals surface area contributed by atoms with Gasteiger partial charge in [0.1, 0.15) is 5.78 Å². The molecule has 0 spiro atoms. The van der Waals surface area contributed by atoms with Gasteiger partial charge in [-0.25, -0.2) is 0 Å². The van der Waals surface area contributed by atoms with Crippen molar-refractivity contribution in [2.24, 2.45) is 11.8 Å². The van der Waals surface area contributed by atoms with Crippen LogP contribution in [0, 0.1) is 11.8 Å². The van der Waals surface area contributed by atoms with E-state index in [0.29, 0.717) is 19.3 Å². The van der Waals surface area contributed by atoms with E-state index in [0.717, 1.165) is 12.8 Å². The third-order valence-corrected chi connectivity index (χ3v) is 4.38. The molecule has 1 aliphatic rings. The lowest BCUT2D eigenvalue weighted by atomic mass is 9.79. The number of hydrogen-bond acceptors (Lipinski definition) is 1. The van der Waals surface area contributed by atoms with Crippen LogP contribution in [-0.2, 0) is 11.2 Å². The van der Waals surface area contributed by atoms with Gasteiger partial charge in [0.2, 0.25) is 0 Å². The van der Waals surface area contributed by atoms with E-state index >= 15 is 0 Å². The van der Waals surface area contributed by atoms with Crippen LogP contribution in [0.1, 0.15) is 44.1 Å². The summed E-state index contributed by atoms with van der Waals surface area (Å²) in [5.41, 5.74) is 1.20. The number of ketones is 1. The smallest absolute Gasteiger partial charge is 0.299 e. The molecule has 1 nitrogen and oxygen atoms in total. The van der Waals surface area contributed by atoms with Crippen LogP contribution in [0.15, 0.2) is 30.3 Å². The summed E-state index contributed by atoms with van der Waals surface area (Å²) in [5.74, 6) is -1.21. The van der Waals surface area contributed by atoms with Gasteiger partial charge in [-0.15, -0.1) is 0 Å². The molecule has 0 heterocycles. The molecule has 0 N–H and O–H groups in total. The molecular formula is C17H21F3O. The van der Waals surface area contributed by atoms with Crippen molar-refractivity contribution in [3.8, 4) is 0 Å². The Hall–Kier alpha value is -1.32. The molecule has 0 saturated heterocycles. The number of benzene rings is 1. The molecule has 0 amide bonds. The second kappa shape index (κ2) is 7.10. The number of Topliss-reactive ketones (excluding diaryl/α,β-unsaturated/α-hetero) is 1. The zero-order chi connectivity index (χ0) is 15.3. The van der Waals surface area contributed by atoms with Crippen LogP contribution in [0.25, 0.3) is 0 Å². The maximum Gasteiger partial charge on any atom is 0.391 e. The Kier molecular flexibility index (Phi) is 5.43. The molecule has 2 rings (SSSR count). The number of carbonyl (C=O) groups excluding carboxylic acids is 1. The minimum atomic E-state index is -4.10. The van der Waals surface area contributed by atoms with Gasteiger partial charge in [-0.3, -0.25) is 4.79 Å². The summed E-state index contributed by atoms with van der Waals surface area (Å²) < 4.78 is 37.7. The lowest BCUT2D eigenvalue weighted by Gasteiger charge is -2.29. The molecule has 4 heteroatoms. The fourth-order valence-electron chi connectivity index (χ4n) is 3.06. The minimum Gasteiger partial charge on any atom is -0.299 e. The first-order chi connectivity index (χ1) is 9.97. The molecule has 0 atom stereocenters. The third kappa shape index (κ3) is 4.87. The molecule has 0 radical (unpaired) electrons. The van der Waals surface area contributed by atoms with Crippen LogP contribution in [0.5, 0.6) is 0 Å². The Morgan fingerprint density at radius 1 is 1.05 bits per heavy atom. The Labute approximate surface area is 123 Å². The molecule has 0 unspecified atom stereocenters. The number of hydrogen-bond donors (Lipinski definition) is 0. The second-order valence-corrected chi connectivity index (χ2v) is 5.90. The fraction of sp³-hybridized carbons (Fsp3) is 0.588. The average molecular weight is 298 g/mol. The van der Waals surface area contributed by atoms with E-state index in [1.807, 2.05) is 30.3 Å². The zero-order valence-electron chi connectivity index (χ0n) is 12.0. The minimum absolute atomic E-state index is 0.110. The lowest BCUT2D eigenvalue weighted by Crippen LogP contribution is -2.30. The highest BCUT2D eigenvalue weighted by Gasteiger charge is 2.42. The number of aryl methyl sites for hydroxylation is 1. The van der Waals surface area contributed by atoms with Gasteiger partial charge in [0, 0.05) is 12.3 Å². The Morgan fingerprint density at radius 2 is 1.67 bits per heavy atom. The molecule has 116 valence electrons. The predicted octanol–water partition coefficient (Wildman–Crippen LogP) is 4.95. The van der Waals surface area contributed by atoms with Gasteiger partial charge in [0.25, 0.3) is 0 Å². The maximum atomic E-state index is 12.6. The van der Waals surface area contributed by atoms with Crippen molar-refractivity contribution >= 4 is 5.78 Å². The SMILES string of the molecule is O=C(CCCc1ccccc1)C1CCC(C(F)(F)F)CC1. The van der Waals surface area contributed by atoms with E-state index < -0.39 is 12.1 Å². The van der Waals surface area contributed by atoms with Crippen molar-refractivity contribution in [3.63, 3.8) is 0 Å². The standard InChI is InChI=1S/C17H21F3O/c18-17(19,20)15-11-9-14(10-12-15)16(21)8-4-7-13-5-2-1-3-6-13/h1-3,5-6,14-15H,4,7-12H2. The monoisotopic (exact) mass is 298 g/mol. The van der Waals surface area contributed by atoms with Gasteiger partial charge >= 0.3 is 6.18 Å². The topological polar surface area (TPSA) is 17.1 Å². The second-order valence-electron chi connectivity index (χ2n) is 5.90. The summed E-state index contributed by atoms with van der Waals surface area (Å²) in [6, 6.07) is 9.94. The summed E-state index contributed by atoms with van der Waals surface area (Å²) in [7, 11) is 0. The number of halogens is 3. The molecule has 1 aromatic carbocycles. The third-order valence-electron chi connectivity index (χ3n) is 4.38. The van der Waals surface area contributed by atoms with E-state index in [4.69, 9.17) is 0 Å². The van der Waals surface area contributed by atoms with Gasteiger partial charge in [-0.2, -0.15) is 13.2 Å². The summed E-state index contributed by atoms with van der Waals surface area (Å²) >= 11 is 0. The van der Waals surface area contributed by atoms with E-state index in [9.17, 15) is 18.0 Å². The van der Waals surface area contributed by atoms with Crippen LogP contribution in [0.4, 0.5) is 13.2 Å². The van der Waals surface area contributed by atoms with Gasteiger partial charge < -0.3 is 0 Å². The quantitative estimate of drug-likeness (QED) is 0.752. The lowest BCUT2D eigenvalue weighted by molar-refractivity contribution is -0.184. The fourth-order valence-corrected chi connectivity index (χ4v) is 3.06. The van der Waals surface area contributed by atoms with Gasteiger partial charge in [-0.1, -0.05) is 30.3 Å². The molecule has 21 heavy (non-hydrogen) atoms. The Balaban J connectivity index is 1.70. The Bertz CT molecular complexity index is 445. The highest BCUT2D eigenvalue weighted by atomic mass is 19.4. The molecule has 0 aromatic heterocycles. The maximum absolute atomic E-state index is 12.6. The molecule has 0 aliphatic heterocycles. The highest BCUT2D eigenvalue weighted by Crippen LogP contribution is 2.40. The molecule has 1 fully saturated rings. The van der Waals surface area contributed by atoms with Crippen molar-refractivity contribution in [1.82, 2.24) is 0 Å². The van der Waals surface area contributed by atoms with Crippen LogP contribution in [0.2, 0.25) is 0 Å². The van der Waals surface area contributed by atoms with E-state index in [1.54, 1.807) is 0 Å². The summed E-state index contributed by atoms with van der Waals surface area (Å²) in [5, 5.41) is 0. The summed E-state index contributed by atoms with van der Waals surface area (Å²) in [4.78, 5) is 12.1. The van der Waals surface area contributed by atoms with Crippen molar-refractivity contribution in [1.29, 1.82) is 0 Å². The van der Waals surface area contributed by atoms with Crippen molar-refractivity contribution in [2.75, 3.05) is 0 Å². The van der Waals surface area contributed by atoms with E-state index in [1.165, 1.54) is 5.56 Å². The summed E-state index contributed by atoms with van der Waals surface area (Å²) in [6.07, 6.45) is -0.968. The molecule has 0 bridgehead atoms. The van der Waals surface area contributed by atoms with Crippen molar-refractivity contribution < 1.29 is 18.0 Å². The predicted molar refractivity (Wildman–Crippen MR) is 75.9 cm³/mol. The zero-order valence-corrected chi connectivity index (χ0v) is 12.0. The van der Waals surface area contributed by atoms with Crippen molar-refractivity contribution in [3.05, 3.63) is 35.9 Å². The van der Waals surface area contributed by atoms with Crippen LogP contribution >= 0.6 is 0 Å². The number of carbonyl (C=O) groups is 1. The molecular weight excluding hydrogens is 277 g/mol. The van der Waals surface area contributed by atoms with Gasteiger partial charge in [-0.05, 0) is 44.1 Å². The Morgan fingerprint density at radius 3 is 2.24 bits per heavy atom. The number of rotatable bonds is 5. The first kappa shape index (κ1) is 16.1. The highest BCUT2D eigenvalue weighted by molar-refractivity contribution is 5.81. The van der Waals surface area contributed by atoms with Crippen LogP contribution < -0.4 is 0 Å². The normalized spacial score (nSPS) is 23.0. The van der Waals surface area contributed by atoms with Gasteiger partial charge in [0.05, 0.1) is 5.92 Å². The summed E-state index contributed by atoms with van der Waals surface area (Å²) in [6.45, 7) is 0. The van der Waals surface area contributed by atoms with Crippen molar-refractivity contribution in [2.45, 2.75) is 51.1 Å². The largest absolute Gasteiger partial charge is 0.391 e. The molecule has 1 aliphatic carbocycles. The number of alkyl halides is 3. The van der Waals surface area contributed by atoms with E-state index in [-0.39, 0.29) is 24.5 Å². The first-order valence-corrected chi connectivity index (χ1v) is 7.60. The van der Waals surface area contributed by atoms with Gasteiger partial charge in [0.15, 0.2) is 0 Å². The first-order valence-electron chi connectivity index (χ1n) is 7.60. The average Bonchev–Trinajstić information content (AvgIpc) is 2.47. The van der Waals surface area contributed by atoms with E-state index in [2.05, 4.69) is 0 Å². The molecule has 1 saturated carbocycles. The van der Waals surface area contributed by atoms with Crippen LogP contribution in [0.3, 0.4) is 0 Å².